The van der Waals surface area contributed by atoms with E-state index in [2.05, 4.69) is 34.0 Å². The smallest absolute Gasteiger partial charge is 0.147 e. The van der Waals surface area contributed by atoms with Gasteiger partial charge in [-0.3, -0.25) is 4.98 Å². The van der Waals surface area contributed by atoms with E-state index < -0.39 is 0 Å². The van der Waals surface area contributed by atoms with Crippen molar-refractivity contribution in [3.8, 4) is 0 Å². The molecule has 0 aliphatic carbocycles. The van der Waals surface area contributed by atoms with Crippen LogP contribution >= 0.6 is 0 Å². The van der Waals surface area contributed by atoms with Crippen molar-refractivity contribution in [2.75, 3.05) is 32.2 Å². The molecule has 19 heavy (non-hydrogen) atoms. The van der Waals surface area contributed by atoms with E-state index in [9.17, 15) is 0 Å². The van der Waals surface area contributed by atoms with E-state index in [-0.39, 0.29) is 0 Å². The highest BCUT2D eigenvalue weighted by atomic mass is 16.5. The van der Waals surface area contributed by atoms with Gasteiger partial charge in [0.2, 0.25) is 0 Å². The summed E-state index contributed by atoms with van der Waals surface area (Å²) in [6.07, 6.45) is 5.90. The van der Waals surface area contributed by atoms with E-state index in [0.717, 1.165) is 37.4 Å². The Hall–Kier alpha value is -1.20. The first-order chi connectivity index (χ1) is 9.26. The quantitative estimate of drug-likeness (QED) is 0.739. The molecule has 108 valence electrons. The number of hydrogen-bond donors (Lipinski definition) is 1. The Balaban J connectivity index is 2.83. The van der Waals surface area contributed by atoms with Crippen LogP contribution in [0.5, 0.6) is 0 Å². The normalized spacial score (nSPS) is 11.0. The van der Waals surface area contributed by atoms with Gasteiger partial charge in [0.1, 0.15) is 5.82 Å². The molecule has 1 heterocycles. The van der Waals surface area contributed by atoms with Gasteiger partial charge in [-0.15, -0.1) is 0 Å². The fraction of sp³-hybridized carbons (Fsp3) is 0.714. The van der Waals surface area contributed by atoms with Crippen LogP contribution in [0.4, 0.5) is 5.82 Å². The molecule has 5 nitrogen and oxygen atoms in total. The third-order valence-corrected chi connectivity index (χ3v) is 3.26. The summed E-state index contributed by atoms with van der Waals surface area (Å²) in [6, 6.07) is 0.486. The monoisotopic (exact) mass is 266 g/mol. The molecular formula is C14H26N4O. The molecule has 0 unspecified atom stereocenters. The molecule has 5 heteroatoms. The van der Waals surface area contributed by atoms with Gasteiger partial charge in [-0.05, 0) is 19.9 Å². The summed E-state index contributed by atoms with van der Waals surface area (Å²) in [7, 11) is 3.64. The van der Waals surface area contributed by atoms with Crippen molar-refractivity contribution in [2.45, 2.75) is 39.3 Å². The van der Waals surface area contributed by atoms with Crippen molar-refractivity contribution in [2.24, 2.45) is 0 Å². The summed E-state index contributed by atoms with van der Waals surface area (Å²) >= 11 is 0. The largest absolute Gasteiger partial charge is 0.383 e. The molecule has 1 aromatic heterocycles. The van der Waals surface area contributed by atoms with Gasteiger partial charge in [0.05, 0.1) is 24.7 Å². The number of nitrogens with zero attached hydrogens (tertiary/aromatic N) is 3. The standard InChI is InChI=1S/C14H26N4O/c1-5-13(6-2)18(7-8-19-4)14-11-16-12(9-15-3)10-17-14/h10-11,13,15H,5-9H2,1-4H3. The molecular weight excluding hydrogens is 240 g/mol. The highest BCUT2D eigenvalue weighted by molar-refractivity contribution is 5.37. The van der Waals surface area contributed by atoms with E-state index >= 15 is 0 Å². The molecule has 0 amide bonds. The Bertz CT molecular complexity index is 338. The lowest BCUT2D eigenvalue weighted by Crippen LogP contribution is -2.37. The van der Waals surface area contributed by atoms with Gasteiger partial charge < -0.3 is 15.0 Å². The van der Waals surface area contributed by atoms with Gasteiger partial charge >= 0.3 is 0 Å². The number of rotatable bonds is 9. The summed E-state index contributed by atoms with van der Waals surface area (Å²) in [5.41, 5.74) is 0.961. The molecule has 1 N–H and O–H groups in total. The van der Waals surface area contributed by atoms with Crippen LogP contribution < -0.4 is 10.2 Å². The first kappa shape index (κ1) is 15.9. The zero-order valence-corrected chi connectivity index (χ0v) is 12.5. The van der Waals surface area contributed by atoms with Gasteiger partial charge in [-0.2, -0.15) is 0 Å². The molecule has 0 aliphatic rings. The Morgan fingerprint density at radius 2 is 2.00 bits per heavy atom. The van der Waals surface area contributed by atoms with Gasteiger partial charge in [0.25, 0.3) is 0 Å². The molecule has 1 rings (SSSR count). The molecule has 0 bridgehead atoms. The number of hydrogen-bond acceptors (Lipinski definition) is 5. The Morgan fingerprint density at radius 1 is 1.26 bits per heavy atom. The maximum atomic E-state index is 5.20. The molecule has 0 radical (unpaired) electrons. The molecule has 0 saturated carbocycles. The Labute approximate surface area is 116 Å². The molecule has 0 spiro atoms. The van der Waals surface area contributed by atoms with E-state index in [4.69, 9.17) is 4.74 Å². The highest BCUT2D eigenvalue weighted by Crippen LogP contribution is 2.17. The predicted molar refractivity (Wildman–Crippen MR) is 78.4 cm³/mol. The lowest BCUT2D eigenvalue weighted by atomic mass is 10.1. The number of ether oxygens (including phenoxy) is 1. The number of aromatic nitrogens is 2. The van der Waals surface area contributed by atoms with Crippen LogP contribution in [0, 0.1) is 0 Å². The fourth-order valence-corrected chi connectivity index (χ4v) is 2.17. The lowest BCUT2D eigenvalue weighted by Gasteiger charge is -2.31. The van der Waals surface area contributed by atoms with Crippen molar-refractivity contribution in [3.63, 3.8) is 0 Å². The van der Waals surface area contributed by atoms with E-state index in [0.29, 0.717) is 12.6 Å². The molecule has 0 atom stereocenters. The summed E-state index contributed by atoms with van der Waals surface area (Å²) < 4.78 is 5.20. The lowest BCUT2D eigenvalue weighted by molar-refractivity contribution is 0.202. The van der Waals surface area contributed by atoms with Crippen molar-refractivity contribution < 1.29 is 4.74 Å². The molecule has 1 aromatic rings. The van der Waals surface area contributed by atoms with Gasteiger partial charge in [-0.1, -0.05) is 13.8 Å². The topological polar surface area (TPSA) is 50.3 Å². The summed E-state index contributed by atoms with van der Waals surface area (Å²) in [5, 5.41) is 3.08. The van der Waals surface area contributed by atoms with Crippen molar-refractivity contribution >= 4 is 5.82 Å². The van der Waals surface area contributed by atoms with E-state index in [1.807, 2.05) is 19.4 Å². The van der Waals surface area contributed by atoms with Crippen molar-refractivity contribution in [3.05, 3.63) is 18.1 Å². The van der Waals surface area contributed by atoms with Crippen LogP contribution in [0.15, 0.2) is 12.4 Å². The minimum atomic E-state index is 0.486. The van der Waals surface area contributed by atoms with Gasteiger partial charge in [0.15, 0.2) is 0 Å². The average Bonchev–Trinajstić information content (AvgIpc) is 2.45. The summed E-state index contributed by atoms with van der Waals surface area (Å²) in [4.78, 5) is 11.3. The number of anilines is 1. The first-order valence-electron chi connectivity index (χ1n) is 6.97. The minimum Gasteiger partial charge on any atom is -0.383 e. The zero-order chi connectivity index (χ0) is 14.1. The maximum Gasteiger partial charge on any atom is 0.147 e. The second-order valence-electron chi connectivity index (χ2n) is 4.55. The number of nitrogens with one attached hydrogen (secondary N) is 1. The SMILES string of the molecule is CCC(CC)N(CCOC)c1cnc(CNC)cn1. The van der Waals surface area contributed by atoms with Crippen LogP contribution in [0.2, 0.25) is 0 Å². The van der Waals surface area contributed by atoms with E-state index in [1.165, 1.54) is 0 Å². The van der Waals surface area contributed by atoms with Crippen molar-refractivity contribution in [1.82, 2.24) is 15.3 Å². The first-order valence-corrected chi connectivity index (χ1v) is 6.97. The van der Waals surface area contributed by atoms with Gasteiger partial charge in [0, 0.05) is 26.2 Å². The highest BCUT2D eigenvalue weighted by Gasteiger charge is 2.16. The summed E-state index contributed by atoms with van der Waals surface area (Å²) in [5.74, 6) is 0.936. The minimum absolute atomic E-state index is 0.486. The van der Waals surface area contributed by atoms with Crippen LogP contribution in [0.1, 0.15) is 32.4 Å². The number of methoxy groups -OCH3 is 1. The second-order valence-corrected chi connectivity index (χ2v) is 4.55. The zero-order valence-electron chi connectivity index (χ0n) is 12.5. The van der Waals surface area contributed by atoms with Crippen LogP contribution in [0.25, 0.3) is 0 Å². The van der Waals surface area contributed by atoms with E-state index in [1.54, 1.807) is 7.11 Å². The molecule has 0 fully saturated rings. The maximum absolute atomic E-state index is 5.20. The third kappa shape index (κ3) is 4.76. The molecule has 0 saturated heterocycles. The van der Waals surface area contributed by atoms with Crippen LogP contribution in [0.3, 0.4) is 0 Å². The predicted octanol–water partition coefficient (Wildman–Crippen LogP) is 1.84. The van der Waals surface area contributed by atoms with Crippen LogP contribution in [-0.2, 0) is 11.3 Å². The molecule has 0 aromatic carbocycles. The fourth-order valence-electron chi connectivity index (χ4n) is 2.17. The van der Waals surface area contributed by atoms with Crippen molar-refractivity contribution in [1.29, 1.82) is 0 Å². The average molecular weight is 266 g/mol. The second kappa shape index (κ2) is 8.82. The Morgan fingerprint density at radius 3 is 2.47 bits per heavy atom. The molecule has 0 aliphatic heterocycles. The van der Waals surface area contributed by atoms with Crippen LogP contribution in [-0.4, -0.2) is 43.3 Å². The van der Waals surface area contributed by atoms with Gasteiger partial charge in [-0.25, -0.2) is 4.98 Å². The third-order valence-electron chi connectivity index (χ3n) is 3.26. The Kier molecular flexibility index (Phi) is 7.36. The summed E-state index contributed by atoms with van der Waals surface area (Å²) in [6.45, 7) is 6.71.